The first-order valence-electron chi connectivity index (χ1n) is 8.99. The molecule has 4 rings (SSSR count). The van der Waals surface area contributed by atoms with Crippen LogP contribution in [0.2, 0.25) is 0 Å². The van der Waals surface area contributed by atoms with E-state index in [4.69, 9.17) is 0 Å². The molecule has 9 heteroatoms. The van der Waals surface area contributed by atoms with Crippen molar-refractivity contribution in [2.75, 3.05) is 5.32 Å². The van der Waals surface area contributed by atoms with Crippen LogP contribution in [0.15, 0.2) is 79.8 Å². The molecule has 0 aliphatic carbocycles. The van der Waals surface area contributed by atoms with E-state index in [2.05, 4.69) is 21.2 Å². The highest BCUT2D eigenvalue weighted by Gasteiger charge is 2.25. The summed E-state index contributed by atoms with van der Waals surface area (Å²) in [5.41, 5.74) is 0.777. The first kappa shape index (κ1) is 21.7. The zero-order valence-electron chi connectivity index (χ0n) is 15.7. The predicted molar refractivity (Wildman–Crippen MR) is 120 cm³/mol. The summed E-state index contributed by atoms with van der Waals surface area (Å²) in [5, 5.41) is 2.74. The minimum Gasteiger partial charge on any atom is -0.320 e. The van der Waals surface area contributed by atoms with Crippen molar-refractivity contribution in [3.63, 3.8) is 0 Å². The Morgan fingerprint density at radius 3 is 2.35 bits per heavy atom. The van der Waals surface area contributed by atoms with Crippen LogP contribution >= 0.6 is 27.7 Å². The standard InChI is InChI=1S/C22H14BrF2NO3S2/c23-14-6-4-13(5-7-14)10-21-22(27)26-19-9-8-15(11-20(19)30-21)31(28,29)12-16-17(24)2-1-3-18(16)25/h1-11H,12H2,(H,26,27). The van der Waals surface area contributed by atoms with E-state index in [-0.39, 0.29) is 10.8 Å². The van der Waals surface area contributed by atoms with Crippen molar-refractivity contribution in [2.24, 2.45) is 0 Å². The van der Waals surface area contributed by atoms with Crippen LogP contribution in [0.1, 0.15) is 11.1 Å². The number of anilines is 1. The van der Waals surface area contributed by atoms with Crippen molar-refractivity contribution < 1.29 is 22.0 Å². The molecule has 1 heterocycles. The quantitative estimate of drug-likeness (QED) is 0.441. The van der Waals surface area contributed by atoms with Crippen molar-refractivity contribution in [3.05, 3.63) is 92.8 Å². The Morgan fingerprint density at radius 1 is 1.00 bits per heavy atom. The second kappa shape index (κ2) is 8.57. The van der Waals surface area contributed by atoms with Gasteiger partial charge in [-0.2, -0.15) is 0 Å². The molecule has 4 nitrogen and oxygen atoms in total. The third kappa shape index (κ3) is 4.73. The largest absolute Gasteiger partial charge is 0.320 e. The molecule has 3 aromatic rings. The number of carbonyl (C=O) groups excluding carboxylic acids is 1. The van der Waals surface area contributed by atoms with Crippen LogP contribution < -0.4 is 5.32 Å². The van der Waals surface area contributed by atoms with Gasteiger partial charge in [-0.15, -0.1) is 0 Å². The topological polar surface area (TPSA) is 63.2 Å². The molecular formula is C22H14BrF2NO3S2. The summed E-state index contributed by atoms with van der Waals surface area (Å²) in [6.45, 7) is 0. The van der Waals surface area contributed by atoms with Crippen LogP contribution in [-0.4, -0.2) is 14.3 Å². The van der Waals surface area contributed by atoms with Crippen molar-refractivity contribution in [2.45, 2.75) is 15.5 Å². The van der Waals surface area contributed by atoms with Gasteiger partial charge in [0.1, 0.15) is 11.6 Å². The van der Waals surface area contributed by atoms with E-state index in [1.807, 2.05) is 24.3 Å². The molecular weight excluding hydrogens is 508 g/mol. The van der Waals surface area contributed by atoms with E-state index in [1.54, 1.807) is 6.08 Å². The van der Waals surface area contributed by atoms with Gasteiger partial charge >= 0.3 is 0 Å². The molecule has 31 heavy (non-hydrogen) atoms. The smallest absolute Gasteiger partial charge is 0.262 e. The molecule has 0 unspecified atom stereocenters. The van der Waals surface area contributed by atoms with E-state index in [0.29, 0.717) is 15.5 Å². The minimum atomic E-state index is -4.02. The van der Waals surface area contributed by atoms with Crippen molar-refractivity contribution in [1.82, 2.24) is 0 Å². The number of sulfone groups is 1. The molecule has 0 aromatic heterocycles. The van der Waals surface area contributed by atoms with E-state index < -0.39 is 32.8 Å². The number of nitrogens with one attached hydrogen (secondary N) is 1. The van der Waals surface area contributed by atoms with E-state index >= 15 is 0 Å². The van der Waals surface area contributed by atoms with Gasteiger partial charge in [0.2, 0.25) is 0 Å². The molecule has 1 amide bonds. The van der Waals surface area contributed by atoms with Gasteiger partial charge in [-0.1, -0.05) is 45.9 Å². The fourth-order valence-electron chi connectivity index (χ4n) is 2.98. The lowest BCUT2D eigenvalue weighted by atomic mass is 10.2. The molecule has 0 bridgehead atoms. The Kier molecular flexibility index (Phi) is 6.00. The van der Waals surface area contributed by atoms with Crippen molar-refractivity contribution in [3.8, 4) is 0 Å². The number of benzene rings is 3. The number of hydrogen-bond acceptors (Lipinski definition) is 4. The van der Waals surface area contributed by atoms with Crippen LogP contribution in [-0.2, 0) is 20.4 Å². The summed E-state index contributed by atoms with van der Waals surface area (Å²) >= 11 is 4.49. The third-order valence-corrected chi connectivity index (χ3v) is 7.82. The number of carbonyl (C=O) groups is 1. The SMILES string of the molecule is O=C1Nc2ccc(S(=O)(=O)Cc3c(F)cccc3F)cc2SC1=Cc1ccc(Br)cc1. The molecule has 3 aromatic carbocycles. The van der Waals surface area contributed by atoms with Gasteiger partial charge in [0, 0.05) is 14.9 Å². The average molecular weight is 522 g/mol. The number of fused-ring (bicyclic) bond motifs is 1. The summed E-state index contributed by atoms with van der Waals surface area (Å²) in [4.78, 5) is 13.3. The van der Waals surface area contributed by atoms with Crippen molar-refractivity contribution >= 4 is 55.2 Å². The zero-order chi connectivity index (χ0) is 22.2. The molecule has 1 aliphatic rings. The summed E-state index contributed by atoms with van der Waals surface area (Å²) in [6.07, 6.45) is 1.70. The Balaban J connectivity index is 1.65. The molecule has 0 radical (unpaired) electrons. The third-order valence-electron chi connectivity index (χ3n) is 4.57. The first-order valence-corrected chi connectivity index (χ1v) is 12.3. The molecule has 0 atom stereocenters. The van der Waals surface area contributed by atoms with Gasteiger partial charge in [0.25, 0.3) is 5.91 Å². The Hall–Kier alpha value is -2.49. The van der Waals surface area contributed by atoms with Gasteiger partial charge in [-0.25, -0.2) is 17.2 Å². The summed E-state index contributed by atoms with van der Waals surface area (Å²) < 4.78 is 54.4. The van der Waals surface area contributed by atoms with E-state index in [0.717, 1.165) is 33.9 Å². The van der Waals surface area contributed by atoms with Crippen LogP contribution in [0, 0.1) is 11.6 Å². The lowest BCUT2D eigenvalue weighted by molar-refractivity contribution is -0.112. The molecule has 158 valence electrons. The lowest BCUT2D eigenvalue weighted by Gasteiger charge is -2.19. The molecule has 0 spiro atoms. The highest BCUT2D eigenvalue weighted by molar-refractivity contribution is 9.10. The number of halogens is 3. The maximum absolute atomic E-state index is 13.9. The van der Waals surface area contributed by atoms with Gasteiger partial charge in [0.15, 0.2) is 9.84 Å². The lowest BCUT2D eigenvalue weighted by Crippen LogP contribution is -2.18. The van der Waals surface area contributed by atoms with Gasteiger partial charge in [-0.3, -0.25) is 4.79 Å². The monoisotopic (exact) mass is 521 g/mol. The Labute approximate surface area is 190 Å². The molecule has 1 aliphatic heterocycles. The van der Waals surface area contributed by atoms with Gasteiger partial charge in [0.05, 0.1) is 21.2 Å². The van der Waals surface area contributed by atoms with Crippen LogP contribution in [0.25, 0.3) is 6.08 Å². The van der Waals surface area contributed by atoms with Gasteiger partial charge in [-0.05, 0) is 54.1 Å². The molecule has 0 fully saturated rings. The summed E-state index contributed by atoms with van der Waals surface area (Å²) in [5.74, 6) is -2.93. The number of amides is 1. The molecule has 0 saturated carbocycles. The Bertz CT molecular complexity index is 1300. The normalized spacial score (nSPS) is 14.9. The maximum atomic E-state index is 13.9. The minimum absolute atomic E-state index is 0.0828. The fourth-order valence-corrected chi connectivity index (χ4v) is 5.71. The molecule has 1 N–H and O–H groups in total. The number of thioether (sulfide) groups is 1. The fraction of sp³-hybridized carbons (Fsp3) is 0.0455. The summed E-state index contributed by atoms with van der Waals surface area (Å²) in [6, 6.07) is 14.8. The highest BCUT2D eigenvalue weighted by Crippen LogP contribution is 2.40. The van der Waals surface area contributed by atoms with E-state index in [1.165, 1.54) is 24.3 Å². The van der Waals surface area contributed by atoms with E-state index in [9.17, 15) is 22.0 Å². The summed E-state index contributed by atoms with van der Waals surface area (Å²) in [7, 11) is -4.02. The number of hydrogen-bond donors (Lipinski definition) is 1. The van der Waals surface area contributed by atoms with Crippen LogP contribution in [0.3, 0.4) is 0 Å². The predicted octanol–water partition coefficient (Wildman–Crippen LogP) is 5.79. The highest BCUT2D eigenvalue weighted by atomic mass is 79.9. The average Bonchev–Trinajstić information content (AvgIpc) is 2.73. The second-order valence-corrected chi connectivity index (χ2v) is 10.7. The van der Waals surface area contributed by atoms with Gasteiger partial charge < -0.3 is 5.32 Å². The second-order valence-electron chi connectivity index (χ2n) is 6.73. The molecule has 0 saturated heterocycles. The Morgan fingerprint density at radius 2 is 1.68 bits per heavy atom. The van der Waals surface area contributed by atoms with Crippen LogP contribution in [0.4, 0.5) is 14.5 Å². The first-order chi connectivity index (χ1) is 14.7. The zero-order valence-corrected chi connectivity index (χ0v) is 19.0. The maximum Gasteiger partial charge on any atom is 0.262 e. The van der Waals surface area contributed by atoms with Crippen molar-refractivity contribution in [1.29, 1.82) is 0 Å². The number of rotatable bonds is 4. The van der Waals surface area contributed by atoms with Crippen LogP contribution in [0.5, 0.6) is 0 Å².